The number of nitrogens with zero attached hydrogens (tertiary/aromatic N) is 2. The first-order valence-corrected chi connectivity index (χ1v) is 14.0. The lowest BCUT2D eigenvalue weighted by Crippen LogP contribution is -2.19. The highest BCUT2D eigenvalue weighted by Gasteiger charge is 2.33. The summed E-state index contributed by atoms with van der Waals surface area (Å²) >= 11 is 13.2. The topological polar surface area (TPSA) is 194 Å². The van der Waals surface area contributed by atoms with E-state index in [1.807, 2.05) is 0 Å². The zero-order chi connectivity index (χ0) is 26.9. The normalized spacial score (nSPS) is 13.8. The lowest BCUT2D eigenvalue weighted by molar-refractivity contribution is 0.447. The fourth-order valence-electron chi connectivity index (χ4n) is 3.96. The van der Waals surface area contributed by atoms with Crippen molar-refractivity contribution < 1.29 is 35.1 Å². The average molecular weight is 587 g/mol. The molecule has 0 aromatic heterocycles. The molecule has 194 valence electrons. The summed E-state index contributed by atoms with van der Waals surface area (Å²) in [6.07, 6.45) is 0. The van der Waals surface area contributed by atoms with Gasteiger partial charge in [-0.2, -0.15) is 16.8 Å². The van der Waals surface area contributed by atoms with E-state index in [2.05, 4.69) is 15.3 Å². The number of aryl methyl sites for hydroxylation is 1. The van der Waals surface area contributed by atoms with Gasteiger partial charge in [-0.15, -0.1) is 0 Å². The molecule has 0 atom stereocenters. The average Bonchev–Trinajstić information content (AvgIpc) is 2.82. The van der Waals surface area contributed by atoms with Crippen LogP contribution in [-0.4, -0.2) is 44.0 Å². The van der Waals surface area contributed by atoms with Crippen LogP contribution in [-0.2, 0) is 20.2 Å². The molecule has 0 unspecified atom stereocenters. The monoisotopic (exact) mass is 586 g/mol. The Labute approximate surface area is 219 Å². The number of anilines is 2. The van der Waals surface area contributed by atoms with Crippen molar-refractivity contribution in [2.24, 2.45) is 10.7 Å². The second kappa shape index (κ2) is 8.80. The second-order valence-corrected chi connectivity index (χ2v) is 11.4. The number of nitrogens with one attached hydrogen (secondary N) is 1. The molecule has 0 amide bonds. The van der Waals surface area contributed by atoms with Gasteiger partial charge in [-0.25, -0.2) is 4.98 Å². The van der Waals surface area contributed by atoms with Gasteiger partial charge in [-0.1, -0.05) is 29.3 Å². The van der Waals surface area contributed by atoms with E-state index in [0.717, 1.165) is 0 Å². The molecule has 1 aliphatic carbocycles. The van der Waals surface area contributed by atoms with Gasteiger partial charge in [-0.05, 0) is 30.7 Å². The number of rotatable bonds is 4. The summed E-state index contributed by atoms with van der Waals surface area (Å²) in [4.78, 5) is 7.35. The van der Waals surface area contributed by atoms with Crippen LogP contribution < -0.4 is 21.1 Å². The highest BCUT2D eigenvalue weighted by molar-refractivity contribution is 7.86. The summed E-state index contributed by atoms with van der Waals surface area (Å²) in [7, 11) is -9.50. The minimum atomic E-state index is -4.83. The number of nitrogens with two attached hydrogens (primary N) is 1. The molecule has 0 saturated carbocycles. The van der Waals surface area contributed by atoms with Gasteiger partial charge < -0.3 is 20.2 Å². The molecular weight excluding hydrogens is 571 g/mol. The molecule has 12 nitrogen and oxygen atoms in total. The van der Waals surface area contributed by atoms with Gasteiger partial charge >= 0.3 is 10.1 Å². The van der Waals surface area contributed by atoms with Gasteiger partial charge in [0.15, 0.2) is 27.7 Å². The molecule has 2 aromatic rings. The molecule has 2 aliphatic heterocycles. The Kier molecular flexibility index (Phi) is 6.10. The van der Waals surface area contributed by atoms with Gasteiger partial charge in [-0.3, -0.25) is 14.1 Å². The minimum Gasteiger partial charge on any atom is -0.450 e. The third kappa shape index (κ3) is 4.20. The quantitative estimate of drug-likeness (QED) is 0.177. The summed E-state index contributed by atoms with van der Waals surface area (Å²) in [5, 5.41) is 2.54. The molecule has 2 heterocycles. The van der Waals surface area contributed by atoms with Crippen LogP contribution in [0.25, 0.3) is 22.6 Å². The highest BCUT2D eigenvalue weighted by atomic mass is 35.5. The lowest BCUT2D eigenvalue weighted by Gasteiger charge is -2.26. The van der Waals surface area contributed by atoms with Gasteiger partial charge in [0, 0.05) is 6.54 Å². The van der Waals surface area contributed by atoms with Crippen molar-refractivity contribution in [2.75, 3.05) is 18.4 Å². The Morgan fingerprint density at radius 3 is 2.38 bits per heavy atom. The number of aromatic nitrogens is 1. The maximum absolute atomic E-state index is 12.2. The SMILES string of the molecule is Cc1ccc2c(c1S(=O)(=O)O)Oc1c(c(Cl)c3oc4c(S(=O)(=O)O)c(=NCCN)ccc-4nc3c1Cl)N2. The van der Waals surface area contributed by atoms with Crippen molar-refractivity contribution in [2.45, 2.75) is 16.7 Å². The van der Waals surface area contributed by atoms with Crippen LogP contribution in [0.3, 0.4) is 0 Å². The van der Waals surface area contributed by atoms with Gasteiger partial charge in [0.1, 0.15) is 31.8 Å². The first-order chi connectivity index (χ1) is 17.3. The molecule has 0 bridgehead atoms. The van der Waals surface area contributed by atoms with E-state index in [-0.39, 0.29) is 79.5 Å². The minimum absolute atomic E-state index is 0.0108. The summed E-state index contributed by atoms with van der Waals surface area (Å²) in [5.74, 6) is -0.633. The Morgan fingerprint density at radius 1 is 1.03 bits per heavy atom. The summed E-state index contributed by atoms with van der Waals surface area (Å²) < 4.78 is 79.9. The van der Waals surface area contributed by atoms with Gasteiger partial charge in [0.2, 0.25) is 0 Å². The predicted molar refractivity (Wildman–Crippen MR) is 134 cm³/mol. The molecule has 0 radical (unpaired) electrons. The fraction of sp³-hybridized carbons (Fsp3) is 0.143. The number of benzene rings is 3. The second-order valence-electron chi connectivity index (χ2n) is 7.92. The summed E-state index contributed by atoms with van der Waals surface area (Å²) in [5.41, 5.74) is 5.70. The molecule has 37 heavy (non-hydrogen) atoms. The number of halogens is 2. The third-order valence-electron chi connectivity index (χ3n) is 5.48. The molecule has 2 aromatic carbocycles. The van der Waals surface area contributed by atoms with Crippen LogP contribution in [0.5, 0.6) is 11.5 Å². The Morgan fingerprint density at radius 2 is 1.73 bits per heavy atom. The summed E-state index contributed by atoms with van der Waals surface area (Å²) in [6.45, 7) is 1.70. The Balaban J connectivity index is 1.83. The van der Waals surface area contributed by atoms with Crippen molar-refractivity contribution in [3.05, 3.63) is 45.2 Å². The molecule has 16 heteroatoms. The number of fused-ring (bicyclic) bond motifs is 4. The molecule has 5 rings (SSSR count). The Hall–Kier alpha value is -2.98. The smallest absolute Gasteiger partial charge is 0.300 e. The van der Waals surface area contributed by atoms with Crippen molar-refractivity contribution >= 4 is 65.9 Å². The van der Waals surface area contributed by atoms with Crippen LogP contribution in [0.15, 0.2) is 43.5 Å². The summed E-state index contributed by atoms with van der Waals surface area (Å²) in [6, 6.07) is 5.68. The van der Waals surface area contributed by atoms with Crippen LogP contribution >= 0.6 is 23.2 Å². The van der Waals surface area contributed by atoms with Crippen molar-refractivity contribution in [1.82, 2.24) is 4.98 Å². The molecule has 5 N–H and O–H groups in total. The fourth-order valence-corrected chi connectivity index (χ4v) is 6.12. The third-order valence-corrected chi connectivity index (χ3v) is 8.12. The molecule has 0 spiro atoms. The maximum atomic E-state index is 12.2. The van der Waals surface area contributed by atoms with Crippen LogP contribution in [0.1, 0.15) is 5.56 Å². The van der Waals surface area contributed by atoms with Crippen molar-refractivity contribution in [3.63, 3.8) is 0 Å². The van der Waals surface area contributed by atoms with Crippen molar-refractivity contribution in [3.8, 4) is 23.0 Å². The zero-order valence-electron chi connectivity index (χ0n) is 18.6. The van der Waals surface area contributed by atoms with Crippen LogP contribution in [0, 0.1) is 6.92 Å². The highest BCUT2D eigenvalue weighted by Crippen LogP contribution is 2.54. The van der Waals surface area contributed by atoms with Crippen molar-refractivity contribution in [1.29, 1.82) is 0 Å². The molecule has 3 aliphatic rings. The van der Waals surface area contributed by atoms with Crippen LogP contribution in [0.4, 0.5) is 11.4 Å². The van der Waals surface area contributed by atoms with E-state index in [9.17, 15) is 25.9 Å². The van der Waals surface area contributed by atoms with Gasteiger partial charge in [0.25, 0.3) is 10.1 Å². The van der Waals surface area contributed by atoms with E-state index in [0.29, 0.717) is 0 Å². The van der Waals surface area contributed by atoms with E-state index in [4.69, 9.17) is 38.1 Å². The molecule has 0 fully saturated rings. The molecular formula is C21H16Cl2N4O8S2. The van der Waals surface area contributed by atoms with E-state index in [1.54, 1.807) is 0 Å². The van der Waals surface area contributed by atoms with Gasteiger partial charge in [0.05, 0.1) is 17.6 Å². The largest absolute Gasteiger partial charge is 0.450 e. The van der Waals surface area contributed by atoms with E-state index < -0.39 is 30.0 Å². The standard InChI is InChI=1S/C21H16Cl2N4O8S2/c1-8-2-3-9-16(20(8)36(28,29)30)34-18-12(22)15-19(13(23)14(18)26-9)35-17-10(27-15)4-5-11(25-7-6-24)21(17)37(31,32)33/h2-5,26H,6-7,24H2,1H3,(H,28,29,30)(H,31,32,33). The first-order valence-electron chi connectivity index (χ1n) is 10.4. The van der Waals surface area contributed by atoms with Crippen LogP contribution in [0.2, 0.25) is 10.0 Å². The number of hydrogen-bond donors (Lipinski definition) is 4. The van der Waals surface area contributed by atoms with E-state index >= 15 is 0 Å². The van der Waals surface area contributed by atoms with E-state index in [1.165, 1.54) is 31.2 Å². The maximum Gasteiger partial charge on any atom is 0.300 e. The molecule has 0 saturated heterocycles. The number of hydrogen-bond acceptors (Lipinski definition) is 10. The number of ether oxygens (including phenoxy) is 1. The lowest BCUT2D eigenvalue weighted by atomic mass is 10.1. The first kappa shape index (κ1) is 25.7. The Bertz CT molecular complexity index is 1890. The zero-order valence-corrected chi connectivity index (χ0v) is 21.8. The predicted octanol–water partition coefficient (Wildman–Crippen LogP) is 3.75.